The summed E-state index contributed by atoms with van der Waals surface area (Å²) >= 11 is 11.1. The minimum absolute atomic E-state index is 0. The first-order chi connectivity index (χ1) is 48.6. The third kappa shape index (κ3) is 25.3. The number of rotatable bonds is 19. The highest BCUT2D eigenvalue weighted by Crippen LogP contribution is 2.43. The maximum Gasteiger partial charge on any atom is 0.189 e. The van der Waals surface area contributed by atoms with Gasteiger partial charge in [0.1, 0.15) is 133 Å². The molecule has 8 aromatic heterocycles. The van der Waals surface area contributed by atoms with E-state index < -0.39 is 115 Å². The second-order valence-corrected chi connectivity index (χ2v) is 22.6. The van der Waals surface area contributed by atoms with E-state index in [4.69, 9.17) is 23.2 Å². The monoisotopic (exact) mass is 1610 g/mol. The van der Waals surface area contributed by atoms with Crippen molar-refractivity contribution < 1.29 is 72.8 Å². The van der Waals surface area contributed by atoms with Crippen molar-refractivity contribution in [2.45, 2.75) is 162 Å². The number of hydrogen-bond acceptors (Lipinski definition) is 20. The van der Waals surface area contributed by atoms with Crippen LogP contribution in [0.25, 0.3) is 0 Å². The van der Waals surface area contributed by atoms with E-state index in [1.807, 2.05) is 6.92 Å². The minimum Gasteiger partial charge on any atom is -0.382 e. The standard InChI is InChI=1S/C16H13ClF3N5O.2C16H14F3N5O.C10H7F2N3O.C6H6ClFN2.9CH4/c1-9(14-13(20)15(17)23-7-22-14)16(26,5-25-8-21-6-24-25)11-3-2-10(18)4-12(11)19;2*1-10(15-14(19)5-20-7-22-15)16(25,6-24-9-21-8-23-24)12-3-2-11(17)4-13(12)18;11-7-1-2-8(9(12)5-7)10(16)6-15-13-3-4-14-15;1-2-4-5(8)6(7)10-3-9-4;;;;;;;;;/h2-4,6-9,26H,5H2,1H3;2*2-5,7-10,25H,6H2,1H3;1-5H,6H2;3H,2H2,1H3;9*1H4/t;10-,16+;;;;;;;;;;;;/m.0............/s1. The Kier molecular flexibility index (Phi) is 42.2. The Labute approximate surface area is 645 Å². The summed E-state index contributed by atoms with van der Waals surface area (Å²) in [6.45, 7) is 5.31. The van der Waals surface area contributed by atoms with Crippen molar-refractivity contribution in [2.75, 3.05) is 0 Å². The largest absolute Gasteiger partial charge is 0.382 e. The summed E-state index contributed by atoms with van der Waals surface area (Å²) < 4.78 is 168. The molecule has 0 saturated carbocycles. The Morgan fingerprint density at radius 3 is 1.06 bits per heavy atom. The van der Waals surface area contributed by atoms with Gasteiger partial charge >= 0.3 is 0 Å². The molecule has 0 aliphatic carbocycles. The predicted molar refractivity (Wildman–Crippen MR) is 395 cm³/mol. The predicted octanol–water partition coefficient (Wildman–Crippen LogP) is 16.2. The zero-order chi connectivity index (χ0) is 74.1. The van der Waals surface area contributed by atoms with Crippen LogP contribution in [-0.4, -0.2) is 120 Å². The van der Waals surface area contributed by atoms with Gasteiger partial charge in [0.15, 0.2) is 39.4 Å². The molecule has 0 aliphatic heterocycles. The number of aromatic nitrogens is 20. The first kappa shape index (κ1) is 102. The van der Waals surface area contributed by atoms with Crippen LogP contribution in [0, 0.1) is 69.8 Å². The van der Waals surface area contributed by atoms with Gasteiger partial charge in [-0.1, -0.05) is 136 Å². The lowest BCUT2D eigenvalue weighted by molar-refractivity contribution is -0.0137. The molecular formula is C73H90Cl2F12N20O4. The molecule has 0 amide bonds. The summed E-state index contributed by atoms with van der Waals surface area (Å²) in [6, 6.07) is 11.1. The van der Waals surface area contributed by atoms with E-state index in [2.05, 4.69) is 80.3 Å². The molecule has 38 heteroatoms. The maximum absolute atomic E-state index is 14.4. The van der Waals surface area contributed by atoms with Crippen molar-refractivity contribution in [1.29, 1.82) is 0 Å². The summed E-state index contributed by atoms with van der Waals surface area (Å²) in [4.78, 5) is 53.4. The van der Waals surface area contributed by atoms with Crippen molar-refractivity contribution >= 4 is 29.0 Å². The van der Waals surface area contributed by atoms with Crippen LogP contribution in [0.2, 0.25) is 10.3 Å². The molecule has 8 heterocycles. The normalized spacial score (nSPS) is 12.6. The van der Waals surface area contributed by atoms with Crippen LogP contribution >= 0.6 is 23.2 Å². The van der Waals surface area contributed by atoms with Crippen LogP contribution < -0.4 is 0 Å². The summed E-state index contributed by atoms with van der Waals surface area (Å²) in [7, 11) is 0. The zero-order valence-corrected chi connectivity index (χ0v) is 54.8. The Hall–Kier alpha value is -11.0. The summed E-state index contributed by atoms with van der Waals surface area (Å²) in [6.07, 6.45) is 17.5. The number of nitrogens with zero attached hydrogens (tertiary/aromatic N) is 20. The molecule has 0 bridgehead atoms. The number of benzene rings is 4. The molecular weight excluding hydrogens is 1520 g/mol. The van der Waals surface area contributed by atoms with Crippen LogP contribution in [0.5, 0.6) is 0 Å². The summed E-state index contributed by atoms with van der Waals surface area (Å²) in [5.74, 6) is -13.3. The number of aliphatic hydroxyl groups is 3. The molecule has 604 valence electrons. The van der Waals surface area contributed by atoms with E-state index >= 15 is 0 Å². The fraction of sp³-hybridized carbons (Fsp3) is 0.329. The number of carbonyl (C=O) groups is 1. The molecule has 4 aromatic carbocycles. The van der Waals surface area contributed by atoms with E-state index in [9.17, 15) is 72.8 Å². The minimum atomic E-state index is -2.02. The van der Waals surface area contributed by atoms with Gasteiger partial charge in [-0.15, -0.1) is 0 Å². The van der Waals surface area contributed by atoms with Gasteiger partial charge < -0.3 is 15.3 Å². The van der Waals surface area contributed by atoms with Gasteiger partial charge in [-0.25, -0.2) is 122 Å². The van der Waals surface area contributed by atoms with Crippen molar-refractivity contribution in [3.05, 3.63) is 286 Å². The molecule has 111 heavy (non-hydrogen) atoms. The molecule has 0 fully saturated rings. The molecule has 24 nitrogen and oxygen atoms in total. The fourth-order valence-corrected chi connectivity index (χ4v) is 10.4. The lowest BCUT2D eigenvalue weighted by atomic mass is 9.79. The second-order valence-electron chi connectivity index (χ2n) is 21.9. The van der Waals surface area contributed by atoms with Gasteiger partial charge in [0, 0.05) is 58.7 Å². The van der Waals surface area contributed by atoms with Crippen LogP contribution in [0.3, 0.4) is 0 Å². The topological polar surface area (TPSA) is 304 Å². The Balaban J connectivity index is 0. The molecule has 0 spiro atoms. The molecule has 4 unspecified atom stereocenters. The number of halogens is 14. The van der Waals surface area contributed by atoms with Crippen LogP contribution in [-0.2, 0) is 49.4 Å². The van der Waals surface area contributed by atoms with Gasteiger partial charge in [0.2, 0.25) is 0 Å². The van der Waals surface area contributed by atoms with Crippen molar-refractivity contribution in [2.24, 2.45) is 0 Å². The fourth-order valence-electron chi connectivity index (χ4n) is 10.1. The highest BCUT2D eigenvalue weighted by atomic mass is 35.5. The lowest BCUT2D eigenvalue weighted by Crippen LogP contribution is -2.39. The van der Waals surface area contributed by atoms with E-state index in [0.717, 1.165) is 84.7 Å². The highest BCUT2D eigenvalue weighted by Gasteiger charge is 2.45. The Morgan fingerprint density at radius 1 is 0.405 bits per heavy atom. The average molecular weight is 1610 g/mol. The van der Waals surface area contributed by atoms with Gasteiger partial charge in [-0.2, -0.15) is 30.3 Å². The highest BCUT2D eigenvalue weighted by molar-refractivity contribution is 6.29. The first-order valence-electron chi connectivity index (χ1n) is 29.6. The lowest BCUT2D eigenvalue weighted by Gasteiger charge is -2.34. The van der Waals surface area contributed by atoms with Crippen molar-refractivity contribution in [3.8, 4) is 0 Å². The Morgan fingerprint density at radius 2 is 0.739 bits per heavy atom. The smallest absolute Gasteiger partial charge is 0.189 e. The van der Waals surface area contributed by atoms with Gasteiger partial charge in [0.05, 0.1) is 72.8 Å². The molecule has 3 N–H and O–H groups in total. The van der Waals surface area contributed by atoms with Gasteiger partial charge in [0.25, 0.3) is 0 Å². The second kappa shape index (κ2) is 45.9. The third-order valence-corrected chi connectivity index (χ3v) is 16.0. The zero-order valence-electron chi connectivity index (χ0n) is 53.3. The molecule has 0 saturated heterocycles. The summed E-state index contributed by atoms with van der Waals surface area (Å²) in [5, 5.41) is 52.5. The number of carbonyl (C=O) groups excluding carboxylic acids is 1. The van der Waals surface area contributed by atoms with E-state index in [-0.39, 0.29) is 138 Å². The molecule has 0 aliphatic rings. The summed E-state index contributed by atoms with van der Waals surface area (Å²) in [5.41, 5.74) is -6.79. The Bertz CT molecular complexity index is 4600. The van der Waals surface area contributed by atoms with Crippen LogP contribution in [0.4, 0.5) is 52.7 Å². The van der Waals surface area contributed by atoms with Crippen molar-refractivity contribution in [1.82, 2.24) is 99.2 Å². The third-order valence-electron chi connectivity index (χ3n) is 15.5. The van der Waals surface area contributed by atoms with E-state index in [0.29, 0.717) is 36.4 Å². The number of ketones is 1. The maximum atomic E-state index is 14.4. The molecule has 12 aromatic rings. The van der Waals surface area contributed by atoms with Crippen LogP contribution in [0.15, 0.2) is 161 Å². The molecule has 0 radical (unpaired) electrons. The van der Waals surface area contributed by atoms with E-state index in [1.54, 1.807) is 0 Å². The van der Waals surface area contributed by atoms with Gasteiger partial charge in [-0.05, 0) is 36.8 Å². The average Bonchev–Trinajstić information content (AvgIpc) is 1.66. The van der Waals surface area contributed by atoms with Crippen LogP contribution in [0.1, 0.15) is 162 Å². The number of hydrogen-bond donors (Lipinski definition) is 3. The van der Waals surface area contributed by atoms with E-state index in [1.165, 1.54) is 91.5 Å². The first-order valence-corrected chi connectivity index (χ1v) is 30.4. The number of aryl methyl sites for hydroxylation is 1. The number of Topliss-reactive ketones (excluding diaryl/α,β-unsaturated/α-hetero) is 1. The molecule has 6 atom stereocenters. The van der Waals surface area contributed by atoms with Crippen molar-refractivity contribution in [3.63, 3.8) is 0 Å². The molecule has 12 rings (SSSR count). The quantitative estimate of drug-likeness (QED) is 0.0385. The van der Waals surface area contributed by atoms with Gasteiger partial charge in [-0.3, -0.25) is 4.79 Å². The SMILES string of the molecule is C.C.C.C.C.C.C.C.C.CC(c1ncnc(Cl)c1F)C(O)(Cn1cncn1)c1ccc(F)cc1F.CC(c1ncncc1F)C(O)(Cn1cncn1)c1ccc(F)cc1F.CCc1ncnc(Cl)c1F.C[C@@H](c1ncncc1F)[C@](O)(Cn1cncn1)c1ccc(F)cc1F.O=C(Cn1nccn1)c1ccc(F)cc1F.